The minimum atomic E-state index is -0.972. The molecule has 32 heteroatoms. The van der Waals surface area contributed by atoms with Crippen LogP contribution in [0.5, 0.6) is 0 Å². The molecule has 0 unspecified atom stereocenters. The lowest BCUT2D eigenvalue weighted by molar-refractivity contribution is -0.181. The third-order valence-corrected chi connectivity index (χ3v) is 15.8. The molecule has 0 aliphatic carbocycles. The Hall–Kier alpha value is -13.0. The summed E-state index contributed by atoms with van der Waals surface area (Å²) >= 11 is 0. The maximum atomic E-state index is 12.5. The van der Waals surface area contributed by atoms with Gasteiger partial charge in [0, 0.05) is 62.4 Å². The van der Waals surface area contributed by atoms with Crippen LogP contribution in [-0.2, 0) is 71.9 Å². The van der Waals surface area contributed by atoms with E-state index in [1.165, 1.54) is 47.1 Å². The first kappa shape index (κ1) is 87.2. The van der Waals surface area contributed by atoms with E-state index in [2.05, 4.69) is 0 Å². The number of hydrogen-bond acceptors (Lipinski definition) is 22. The molecule has 32 nitrogen and oxygen atoms in total. The fourth-order valence-corrected chi connectivity index (χ4v) is 10.3. The van der Waals surface area contributed by atoms with Gasteiger partial charge in [-0.25, -0.2) is 15.0 Å². The smallest absolute Gasteiger partial charge is 0.273 e. The molecule has 0 saturated heterocycles. The van der Waals surface area contributed by atoms with Gasteiger partial charge in [-0.05, 0) is 92.7 Å². The number of carbonyl (C=O) groups is 17. The Balaban J connectivity index is 0.000000344. The fourth-order valence-electron chi connectivity index (χ4n) is 10.3. The van der Waals surface area contributed by atoms with E-state index in [0.29, 0.717) is 59.9 Å². The number of unbranched alkanes of at least 4 members (excludes halogenated alkanes) is 1. The number of hydrazine groups is 5. The molecule has 106 heavy (non-hydrogen) atoms. The molecular weight excluding hydrogens is 1370 g/mol. The molecule has 0 fully saturated rings. The summed E-state index contributed by atoms with van der Waals surface area (Å²) in [6.45, 7) is 25.2. The van der Waals surface area contributed by atoms with Crippen LogP contribution < -0.4 is 0 Å². The van der Waals surface area contributed by atoms with Crippen LogP contribution in [0.4, 0.5) is 0 Å². The lowest BCUT2D eigenvalue weighted by Crippen LogP contribution is -2.59. The minimum Gasteiger partial charge on any atom is -0.273 e. The molecule has 0 radical (unpaired) electrons. The zero-order chi connectivity index (χ0) is 81.3. The molecule has 0 saturated carbocycles. The third-order valence-electron chi connectivity index (χ3n) is 15.8. The molecule has 556 valence electrons. The van der Waals surface area contributed by atoms with E-state index >= 15 is 0 Å². The third kappa shape index (κ3) is 20.2. The first-order valence-corrected chi connectivity index (χ1v) is 32.6. The first-order valence-electron chi connectivity index (χ1n) is 32.6. The van der Waals surface area contributed by atoms with Crippen LogP contribution in [0, 0.1) is 72.9 Å². The molecule has 0 atom stereocenters. The lowest BCUT2D eigenvalue weighted by atomic mass is 9.94. The standard InChI is InChI=1S/C16H13N3O4.C16H23N3O3.C15H13N3O3.C14H17N3O4.C13H17N3O3/c1-10-8-14(21)19(16(23)13(10)9-17)18(11(2)20)15(22)12-6-4-3-5-7-12;1-6-7-8-11-9-13(20)19(14(21)12(11)10-17)18(5)15(22)16(2,3)4;1-10-8-13(19)18(15(21)12(10)9-16)17(2)14(20)11-6-4-3-5-7-11;1-8-6-11(19)17(12(20)10(8)7-15)16(9(2)18)13(21)14(3,4)5;1-8-6-10(17)16(11(18)9(8)7-14)15(5)12(19)13(2,3)4/h3-7H,8H2,1-2H3;6-9H2,1-5H3;3-7H,8H2,1-2H3;6H2,1-5H3;6H2,1-5H3. The van der Waals surface area contributed by atoms with Crippen LogP contribution in [-0.4, -0.2) is 172 Å². The summed E-state index contributed by atoms with van der Waals surface area (Å²) in [6.07, 6.45) is 1.82. The zero-order valence-electron chi connectivity index (χ0n) is 62.6. The Morgan fingerprint density at radius 3 is 0.934 bits per heavy atom. The van der Waals surface area contributed by atoms with Gasteiger partial charge in [-0.1, -0.05) is 112 Å². The summed E-state index contributed by atoms with van der Waals surface area (Å²) in [5, 5.41) is 52.4. The molecule has 0 bridgehead atoms. The van der Waals surface area contributed by atoms with Gasteiger partial charge in [-0.3, -0.25) is 81.5 Å². The van der Waals surface area contributed by atoms with E-state index in [9.17, 15) is 86.8 Å². The van der Waals surface area contributed by atoms with E-state index in [1.54, 1.807) is 149 Å². The monoisotopic (exact) mass is 1450 g/mol. The predicted molar refractivity (Wildman–Crippen MR) is 371 cm³/mol. The van der Waals surface area contributed by atoms with Gasteiger partial charge in [0.2, 0.25) is 23.6 Å². The van der Waals surface area contributed by atoms with Crippen molar-refractivity contribution >= 4 is 100 Å². The van der Waals surface area contributed by atoms with Crippen molar-refractivity contribution < 1.29 is 81.5 Å². The largest absolute Gasteiger partial charge is 0.290 e. The topological polar surface area (TPSA) is 442 Å². The molecule has 5 aliphatic heterocycles. The van der Waals surface area contributed by atoms with Crippen molar-refractivity contribution in [3.8, 4) is 30.3 Å². The summed E-state index contributed by atoms with van der Waals surface area (Å²) in [6, 6.07) is 25.0. The highest BCUT2D eigenvalue weighted by molar-refractivity contribution is 6.17. The summed E-state index contributed by atoms with van der Waals surface area (Å²) < 4.78 is 0. The van der Waals surface area contributed by atoms with Crippen molar-refractivity contribution in [1.29, 1.82) is 26.3 Å². The van der Waals surface area contributed by atoms with Crippen molar-refractivity contribution in [3.05, 3.63) is 128 Å². The van der Waals surface area contributed by atoms with Gasteiger partial charge in [0.05, 0.1) is 32.1 Å². The number of amides is 17. The Morgan fingerprint density at radius 2 is 0.642 bits per heavy atom. The van der Waals surface area contributed by atoms with Gasteiger partial charge >= 0.3 is 0 Å². The average Bonchev–Trinajstić information content (AvgIpc) is 0.862. The van der Waals surface area contributed by atoms with Gasteiger partial charge < -0.3 is 0 Å². The predicted octanol–water partition coefficient (Wildman–Crippen LogP) is 6.56. The molecule has 5 aliphatic rings. The second-order valence-electron chi connectivity index (χ2n) is 27.4. The summed E-state index contributed by atoms with van der Waals surface area (Å²) in [4.78, 5) is 207. The number of imide groups is 7. The number of hydrogen-bond donors (Lipinski definition) is 0. The van der Waals surface area contributed by atoms with Gasteiger partial charge in [0.15, 0.2) is 0 Å². The van der Waals surface area contributed by atoms with E-state index in [1.807, 2.05) is 13.0 Å². The lowest BCUT2D eigenvalue weighted by Gasteiger charge is -2.36. The quantitative estimate of drug-likeness (QED) is 0.227. The summed E-state index contributed by atoms with van der Waals surface area (Å²) in [5.74, 6) is -11.3. The molecule has 0 N–H and O–H groups in total. The summed E-state index contributed by atoms with van der Waals surface area (Å²) in [5.41, 5.74) is -0.483. The number of nitriles is 5. The van der Waals surface area contributed by atoms with Crippen molar-refractivity contribution in [2.24, 2.45) is 16.2 Å². The van der Waals surface area contributed by atoms with Crippen LogP contribution in [0.3, 0.4) is 0 Å². The highest BCUT2D eigenvalue weighted by Crippen LogP contribution is 2.31. The molecule has 0 aromatic heterocycles. The Kier molecular flexibility index (Phi) is 29.8. The van der Waals surface area contributed by atoms with Crippen LogP contribution in [0.15, 0.2) is 116 Å². The number of rotatable bonds is 10. The second-order valence-corrected chi connectivity index (χ2v) is 27.4. The highest BCUT2D eigenvalue weighted by Gasteiger charge is 2.46. The van der Waals surface area contributed by atoms with Crippen molar-refractivity contribution in [3.63, 3.8) is 0 Å². The zero-order valence-corrected chi connectivity index (χ0v) is 62.6. The van der Waals surface area contributed by atoms with Crippen LogP contribution in [0.25, 0.3) is 0 Å². The highest BCUT2D eigenvalue weighted by atomic mass is 16.2. The Morgan fingerprint density at radius 1 is 0.377 bits per heavy atom. The minimum absolute atomic E-state index is 0.0103. The average molecular weight is 1450 g/mol. The normalized spacial score (nSPS) is 15.5. The molecule has 2 aromatic carbocycles. The van der Waals surface area contributed by atoms with Gasteiger partial charge in [-0.2, -0.15) is 61.4 Å². The van der Waals surface area contributed by atoms with Crippen molar-refractivity contribution in [2.75, 3.05) is 21.1 Å². The number of carbonyl (C=O) groups excluding carboxylic acids is 17. The van der Waals surface area contributed by atoms with Crippen molar-refractivity contribution in [2.45, 2.75) is 162 Å². The van der Waals surface area contributed by atoms with E-state index in [0.717, 1.165) is 56.7 Å². The summed E-state index contributed by atoms with van der Waals surface area (Å²) in [7, 11) is 4.08. The van der Waals surface area contributed by atoms with E-state index < -0.39 is 105 Å². The van der Waals surface area contributed by atoms with Crippen LogP contribution in [0.2, 0.25) is 0 Å². The molecule has 5 heterocycles. The fraction of sp³-hybridized carbons (Fsp3) is 0.405. The van der Waals surface area contributed by atoms with Crippen molar-refractivity contribution in [1.82, 2.24) is 50.1 Å². The second kappa shape index (κ2) is 36.2. The van der Waals surface area contributed by atoms with Gasteiger partial charge in [-0.15, -0.1) is 0 Å². The Bertz CT molecular complexity index is 4450. The van der Waals surface area contributed by atoms with Crippen LogP contribution in [0.1, 0.15) is 183 Å². The van der Waals surface area contributed by atoms with Crippen LogP contribution >= 0.6 is 0 Å². The SMILES string of the molecule is CC(=O)N(C(=O)C(C)(C)C)N1C(=O)CC(C)=C(C#N)C1=O.CC(=O)N(C(=O)c1ccccc1)N1C(=O)CC(C)=C(C#N)C1=O.CC1=C(C#N)C(=O)N(N(C)C(=O)C(C)(C)C)C(=O)C1.CC1=C(C#N)C(=O)N(N(C)C(=O)c2ccccc2)C(=O)C1.CCCCC1=C(C#N)C(=O)N(N(C)C(=O)C(C)(C)C)C(=O)C1. The molecule has 7 rings (SSSR count). The number of nitrogens with zero attached hydrogens (tertiary/aromatic N) is 15. The molecular formula is C74H83N15O17. The maximum absolute atomic E-state index is 12.5. The van der Waals surface area contributed by atoms with E-state index in [4.69, 9.17) is 21.0 Å². The van der Waals surface area contributed by atoms with Gasteiger partial charge in [0.1, 0.15) is 58.2 Å². The van der Waals surface area contributed by atoms with E-state index in [-0.39, 0.29) is 77.3 Å². The molecule has 0 spiro atoms. The molecule has 17 amide bonds. The number of benzene rings is 2. The molecule has 2 aromatic rings. The van der Waals surface area contributed by atoms with Gasteiger partial charge in [0.25, 0.3) is 76.8 Å². The maximum Gasteiger partial charge on any atom is 0.290 e. The Labute approximate surface area is 613 Å². The first-order chi connectivity index (χ1) is 49.1.